The van der Waals surface area contributed by atoms with Crippen molar-refractivity contribution >= 4 is 65.7 Å². The SMILES string of the molecule is c1ccc(-c2nc(-c3ccc(-n4c5ccccc5c5ccc6c7ccccc7oc6c54)cc3)nc(-c3cc(-c4ccccc4)c4c(c3)oc3ccccc34)n2)cc1. The zero-order valence-corrected chi connectivity index (χ0v) is 30.4. The number of hydrogen-bond donors (Lipinski definition) is 0. The zero-order chi connectivity index (χ0) is 37.5. The molecule has 0 unspecified atom stereocenters. The molecule has 266 valence electrons. The summed E-state index contributed by atoms with van der Waals surface area (Å²) in [5.41, 5.74) is 11.3. The van der Waals surface area contributed by atoms with E-state index in [1.807, 2.05) is 60.7 Å². The molecule has 0 aliphatic carbocycles. The van der Waals surface area contributed by atoms with Gasteiger partial charge in [0.1, 0.15) is 16.7 Å². The van der Waals surface area contributed by atoms with Crippen molar-refractivity contribution < 1.29 is 8.83 Å². The number of para-hydroxylation sites is 3. The summed E-state index contributed by atoms with van der Waals surface area (Å²) in [5, 5.41) is 6.66. The lowest BCUT2D eigenvalue weighted by Gasteiger charge is -2.12. The fourth-order valence-corrected chi connectivity index (χ4v) is 8.44. The van der Waals surface area contributed by atoms with Crippen LogP contribution in [-0.2, 0) is 0 Å². The number of nitrogens with zero attached hydrogens (tertiary/aromatic N) is 4. The number of aromatic nitrogens is 4. The number of benzene rings is 8. The predicted octanol–water partition coefficient (Wildman–Crippen LogP) is 13.4. The molecule has 0 spiro atoms. The van der Waals surface area contributed by atoms with E-state index in [-0.39, 0.29) is 0 Å². The minimum Gasteiger partial charge on any atom is -0.456 e. The van der Waals surface area contributed by atoms with Gasteiger partial charge in [-0.25, -0.2) is 15.0 Å². The summed E-state index contributed by atoms with van der Waals surface area (Å²) in [6, 6.07) is 62.6. The quantitative estimate of drug-likeness (QED) is 0.176. The van der Waals surface area contributed by atoms with Gasteiger partial charge in [-0.3, -0.25) is 0 Å². The van der Waals surface area contributed by atoms with Crippen molar-refractivity contribution in [1.29, 1.82) is 0 Å². The normalized spacial score (nSPS) is 11.9. The fourth-order valence-electron chi connectivity index (χ4n) is 8.44. The van der Waals surface area contributed by atoms with Crippen LogP contribution in [0.1, 0.15) is 0 Å². The number of rotatable bonds is 5. The largest absolute Gasteiger partial charge is 0.456 e. The van der Waals surface area contributed by atoms with E-state index in [4.69, 9.17) is 23.8 Å². The lowest BCUT2D eigenvalue weighted by molar-refractivity contribution is 0.669. The van der Waals surface area contributed by atoms with Crippen molar-refractivity contribution in [3.05, 3.63) is 182 Å². The molecule has 0 bridgehead atoms. The van der Waals surface area contributed by atoms with Crippen LogP contribution in [0, 0.1) is 0 Å². The topological polar surface area (TPSA) is 69.9 Å². The Hall–Kier alpha value is -7.83. The van der Waals surface area contributed by atoms with E-state index >= 15 is 0 Å². The van der Waals surface area contributed by atoms with Crippen LogP contribution in [-0.4, -0.2) is 19.5 Å². The maximum Gasteiger partial charge on any atom is 0.164 e. The highest BCUT2D eigenvalue weighted by Crippen LogP contribution is 2.42. The van der Waals surface area contributed by atoms with Gasteiger partial charge in [0, 0.05) is 54.7 Å². The van der Waals surface area contributed by atoms with Crippen molar-refractivity contribution in [2.24, 2.45) is 0 Å². The molecule has 0 aliphatic rings. The number of hydrogen-bond acceptors (Lipinski definition) is 5. The first kappa shape index (κ1) is 31.5. The van der Waals surface area contributed by atoms with Gasteiger partial charge in [-0.1, -0.05) is 121 Å². The number of furan rings is 2. The van der Waals surface area contributed by atoms with Gasteiger partial charge in [0.25, 0.3) is 0 Å². The standard InChI is InChI=1S/C51H30N4O2/c1-3-13-31(14-4-1)41-29-34(30-45-46(41)40-19-9-12-22-44(40)56-45)51-53-49(32-15-5-2-6-16-32)52-50(54-51)33-23-25-35(26-24-33)55-42-20-10-7-17-36(42)38-27-28-39-37-18-8-11-21-43(37)57-48(39)47(38)55/h1-30H. The van der Waals surface area contributed by atoms with Gasteiger partial charge in [-0.05, 0) is 71.8 Å². The van der Waals surface area contributed by atoms with Crippen molar-refractivity contribution in [1.82, 2.24) is 19.5 Å². The molecule has 57 heavy (non-hydrogen) atoms. The number of fused-ring (bicyclic) bond motifs is 10. The van der Waals surface area contributed by atoms with Gasteiger partial charge in [-0.2, -0.15) is 0 Å². The molecule has 0 aliphatic heterocycles. The Morgan fingerprint density at radius 3 is 1.67 bits per heavy atom. The summed E-state index contributed by atoms with van der Waals surface area (Å²) in [6.45, 7) is 0. The average molecular weight is 731 g/mol. The molecule has 12 rings (SSSR count). The van der Waals surface area contributed by atoms with Crippen LogP contribution in [0.25, 0.3) is 117 Å². The lowest BCUT2D eigenvalue weighted by atomic mass is 9.97. The third-order valence-electron chi connectivity index (χ3n) is 11.1. The molecule has 6 nitrogen and oxygen atoms in total. The molecule has 0 radical (unpaired) electrons. The van der Waals surface area contributed by atoms with E-state index in [1.165, 1.54) is 5.39 Å². The Kier molecular flexibility index (Phi) is 6.83. The first-order chi connectivity index (χ1) is 28.2. The minimum atomic E-state index is 0.567. The van der Waals surface area contributed by atoms with Crippen LogP contribution >= 0.6 is 0 Å². The Morgan fingerprint density at radius 1 is 0.368 bits per heavy atom. The second-order valence-corrected chi connectivity index (χ2v) is 14.4. The van der Waals surface area contributed by atoms with Gasteiger partial charge in [-0.15, -0.1) is 0 Å². The molecule has 12 aromatic rings. The highest BCUT2D eigenvalue weighted by Gasteiger charge is 2.21. The van der Waals surface area contributed by atoms with Crippen molar-refractivity contribution in [2.45, 2.75) is 0 Å². The highest BCUT2D eigenvalue weighted by atomic mass is 16.3. The third-order valence-corrected chi connectivity index (χ3v) is 11.1. The van der Waals surface area contributed by atoms with E-state index in [2.05, 4.69) is 126 Å². The van der Waals surface area contributed by atoms with Crippen LogP contribution in [0.15, 0.2) is 191 Å². The molecular weight excluding hydrogens is 701 g/mol. The van der Waals surface area contributed by atoms with E-state index in [9.17, 15) is 0 Å². The molecule has 0 fully saturated rings. The Balaban J connectivity index is 1.05. The summed E-state index contributed by atoms with van der Waals surface area (Å²) in [7, 11) is 0. The van der Waals surface area contributed by atoms with Gasteiger partial charge in [0.05, 0.1) is 11.0 Å². The summed E-state index contributed by atoms with van der Waals surface area (Å²) in [6.07, 6.45) is 0. The van der Waals surface area contributed by atoms with E-state index in [1.54, 1.807) is 0 Å². The zero-order valence-electron chi connectivity index (χ0n) is 30.4. The monoisotopic (exact) mass is 730 g/mol. The summed E-state index contributed by atoms with van der Waals surface area (Å²) in [4.78, 5) is 15.3. The lowest BCUT2D eigenvalue weighted by Crippen LogP contribution is -2.01. The van der Waals surface area contributed by atoms with Crippen molar-refractivity contribution in [3.63, 3.8) is 0 Å². The molecular formula is C51H30N4O2. The van der Waals surface area contributed by atoms with E-state index in [0.717, 1.165) is 93.8 Å². The van der Waals surface area contributed by atoms with Gasteiger partial charge >= 0.3 is 0 Å². The second kappa shape index (κ2) is 12.3. The second-order valence-electron chi connectivity index (χ2n) is 14.4. The summed E-state index contributed by atoms with van der Waals surface area (Å²) < 4.78 is 15.4. The summed E-state index contributed by atoms with van der Waals surface area (Å²) in [5.74, 6) is 1.75. The Bertz CT molecular complexity index is 3510. The smallest absolute Gasteiger partial charge is 0.164 e. The van der Waals surface area contributed by atoms with E-state index in [0.29, 0.717) is 17.5 Å². The Labute approximate surface area is 325 Å². The van der Waals surface area contributed by atoms with Crippen LogP contribution in [0.4, 0.5) is 0 Å². The third kappa shape index (κ3) is 4.94. The molecule has 0 N–H and O–H groups in total. The molecule has 4 heterocycles. The van der Waals surface area contributed by atoms with E-state index < -0.39 is 0 Å². The molecule has 8 aromatic carbocycles. The first-order valence-corrected chi connectivity index (χ1v) is 19.0. The minimum absolute atomic E-state index is 0.567. The maximum atomic E-state index is 6.59. The van der Waals surface area contributed by atoms with Crippen LogP contribution in [0.5, 0.6) is 0 Å². The average Bonchev–Trinajstić information content (AvgIpc) is 3.96. The van der Waals surface area contributed by atoms with Gasteiger partial charge in [0.15, 0.2) is 23.1 Å². The molecule has 0 atom stereocenters. The van der Waals surface area contributed by atoms with Crippen molar-refractivity contribution in [3.8, 4) is 51.0 Å². The maximum absolute atomic E-state index is 6.59. The molecule has 0 amide bonds. The van der Waals surface area contributed by atoms with Crippen LogP contribution in [0.2, 0.25) is 0 Å². The van der Waals surface area contributed by atoms with Crippen molar-refractivity contribution in [2.75, 3.05) is 0 Å². The van der Waals surface area contributed by atoms with Gasteiger partial charge < -0.3 is 13.4 Å². The molecule has 4 aromatic heterocycles. The highest BCUT2D eigenvalue weighted by molar-refractivity contribution is 6.21. The van der Waals surface area contributed by atoms with Crippen LogP contribution in [0.3, 0.4) is 0 Å². The Morgan fingerprint density at radius 2 is 0.930 bits per heavy atom. The van der Waals surface area contributed by atoms with Gasteiger partial charge in [0.2, 0.25) is 0 Å². The van der Waals surface area contributed by atoms with Crippen LogP contribution < -0.4 is 0 Å². The molecule has 0 saturated carbocycles. The fraction of sp³-hybridized carbons (Fsp3) is 0. The molecule has 0 saturated heterocycles. The summed E-state index contributed by atoms with van der Waals surface area (Å²) >= 11 is 0. The first-order valence-electron chi connectivity index (χ1n) is 19.0. The predicted molar refractivity (Wildman–Crippen MR) is 230 cm³/mol. The molecule has 6 heteroatoms.